The van der Waals surface area contributed by atoms with Crippen LogP contribution in [0.1, 0.15) is 41.5 Å². The Morgan fingerprint density at radius 3 is 1.46 bits per heavy atom. The van der Waals surface area contributed by atoms with Crippen molar-refractivity contribution in [2.45, 2.75) is 47.3 Å². The Morgan fingerprint density at radius 2 is 1.46 bits per heavy atom. The van der Waals surface area contributed by atoms with Gasteiger partial charge in [-0.2, -0.15) is 0 Å². The maximum atomic E-state index is 8.81. The molecule has 80 valence electrons. The third-order valence-corrected chi connectivity index (χ3v) is 1.01. The molecule has 0 amide bonds. The highest BCUT2D eigenvalue weighted by Crippen LogP contribution is 2.08. The molecular weight excluding hydrogens is 166 g/mol. The van der Waals surface area contributed by atoms with Crippen LogP contribution in [0.2, 0.25) is 0 Å². The first-order chi connectivity index (χ1) is 6.02. The minimum Gasteiger partial charge on any atom is -0.362 e. The molecule has 0 aliphatic heterocycles. The smallest absolute Gasteiger partial charge is 0.187 e. The SMILES string of the molecule is C/C=C(\C=N)C(C)(O)O.CC.CC. The van der Waals surface area contributed by atoms with Crippen molar-refractivity contribution < 1.29 is 10.2 Å². The molecule has 0 rings (SSSR count). The average molecular weight is 189 g/mol. The fraction of sp³-hybridized carbons (Fsp3) is 0.700. The summed E-state index contributed by atoms with van der Waals surface area (Å²) in [7, 11) is 0. The second-order valence-electron chi connectivity index (χ2n) is 1.91. The third-order valence-electron chi connectivity index (χ3n) is 1.01. The summed E-state index contributed by atoms with van der Waals surface area (Å²) < 4.78 is 0. The molecule has 0 aliphatic carbocycles. The maximum Gasteiger partial charge on any atom is 0.187 e. The molecule has 0 aromatic rings. The number of nitrogens with one attached hydrogen (secondary N) is 1. The summed E-state index contributed by atoms with van der Waals surface area (Å²) in [6.45, 7) is 10.9. The second kappa shape index (κ2) is 11.3. The van der Waals surface area contributed by atoms with Crippen molar-refractivity contribution in [2.75, 3.05) is 0 Å². The zero-order chi connectivity index (χ0) is 11.5. The fourth-order valence-corrected chi connectivity index (χ4v) is 0.493. The molecular formula is C10H23NO2. The Balaban J connectivity index is -0.000000218. The molecule has 0 spiro atoms. The third kappa shape index (κ3) is 11.3. The van der Waals surface area contributed by atoms with E-state index in [0.717, 1.165) is 6.21 Å². The molecule has 13 heavy (non-hydrogen) atoms. The van der Waals surface area contributed by atoms with E-state index in [0.29, 0.717) is 0 Å². The van der Waals surface area contributed by atoms with Crippen LogP contribution in [0.4, 0.5) is 0 Å². The lowest BCUT2D eigenvalue weighted by Crippen LogP contribution is -2.26. The molecule has 3 heteroatoms. The number of allylic oxidation sites excluding steroid dienone is 1. The van der Waals surface area contributed by atoms with Crippen LogP contribution in [0.5, 0.6) is 0 Å². The van der Waals surface area contributed by atoms with E-state index in [4.69, 9.17) is 15.6 Å². The van der Waals surface area contributed by atoms with Crippen LogP contribution in [-0.4, -0.2) is 22.2 Å². The zero-order valence-corrected chi connectivity index (χ0v) is 9.55. The molecule has 0 saturated heterocycles. The van der Waals surface area contributed by atoms with Gasteiger partial charge >= 0.3 is 0 Å². The molecule has 3 nitrogen and oxygen atoms in total. The predicted molar refractivity (Wildman–Crippen MR) is 58.1 cm³/mol. The lowest BCUT2D eigenvalue weighted by molar-refractivity contribution is -0.106. The van der Waals surface area contributed by atoms with Crippen molar-refractivity contribution in [3.8, 4) is 0 Å². The molecule has 0 saturated carbocycles. The van der Waals surface area contributed by atoms with Crippen molar-refractivity contribution in [1.82, 2.24) is 0 Å². The van der Waals surface area contributed by atoms with Crippen molar-refractivity contribution >= 4 is 6.21 Å². The number of hydrogen-bond donors (Lipinski definition) is 3. The Bertz CT molecular complexity index is 134. The van der Waals surface area contributed by atoms with Gasteiger partial charge in [0.2, 0.25) is 0 Å². The predicted octanol–water partition coefficient (Wildman–Crippen LogP) is 2.34. The summed E-state index contributed by atoms with van der Waals surface area (Å²) >= 11 is 0. The van der Waals surface area contributed by atoms with Gasteiger partial charge in [0.25, 0.3) is 0 Å². The number of aliphatic hydroxyl groups is 2. The van der Waals surface area contributed by atoms with Crippen LogP contribution in [0.3, 0.4) is 0 Å². The van der Waals surface area contributed by atoms with Crippen LogP contribution >= 0.6 is 0 Å². The summed E-state index contributed by atoms with van der Waals surface area (Å²) in [5, 5.41) is 24.3. The van der Waals surface area contributed by atoms with Gasteiger partial charge in [-0.05, 0) is 13.8 Å². The van der Waals surface area contributed by atoms with Gasteiger partial charge in [0.05, 0.1) is 0 Å². The van der Waals surface area contributed by atoms with Crippen LogP contribution in [-0.2, 0) is 0 Å². The standard InChI is InChI=1S/C6H11NO2.2C2H6/c1-3-5(4-7)6(2,8)9;2*1-2/h3-4,7-9H,1-2H3;2*1-2H3/b5-3+,7-4?;;. The van der Waals surface area contributed by atoms with Crippen molar-refractivity contribution in [3.05, 3.63) is 11.6 Å². The van der Waals surface area contributed by atoms with Gasteiger partial charge in [0.15, 0.2) is 5.79 Å². The fourth-order valence-electron chi connectivity index (χ4n) is 0.493. The monoisotopic (exact) mass is 189 g/mol. The first-order valence-electron chi connectivity index (χ1n) is 4.64. The number of rotatable bonds is 2. The van der Waals surface area contributed by atoms with Crippen molar-refractivity contribution in [3.63, 3.8) is 0 Å². The van der Waals surface area contributed by atoms with E-state index in [2.05, 4.69) is 0 Å². The average Bonchev–Trinajstić information content (AvgIpc) is 2.11. The zero-order valence-electron chi connectivity index (χ0n) is 9.55. The molecule has 0 bridgehead atoms. The summed E-state index contributed by atoms with van der Waals surface area (Å²) in [4.78, 5) is 0. The lowest BCUT2D eigenvalue weighted by Gasteiger charge is -2.15. The topological polar surface area (TPSA) is 64.3 Å². The molecule has 0 aromatic heterocycles. The second-order valence-corrected chi connectivity index (χ2v) is 1.91. The molecule has 0 fully saturated rings. The Hall–Kier alpha value is -0.670. The Kier molecular flexibility index (Phi) is 15.8. The quantitative estimate of drug-likeness (QED) is 0.461. The van der Waals surface area contributed by atoms with Gasteiger partial charge in [0, 0.05) is 11.8 Å². The summed E-state index contributed by atoms with van der Waals surface area (Å²) in [6.07, 6.45) is 2.40. The number of hydrogen-bond acceptors (Lipinski definition) is 3. The van der Waals surface area contributed by atoms with E-state index >= 15 is 0 Å². The van der Waals surface area contributed by atoms with E-state index in [9.17, 15) is 0 Å². The maximum absolute atomic E-state index is 8.81. The highest BCUT2D eigenvalue weighted by atomic mass is 16.5. The Morgan fingerprint density at radius 1 is 1.15 bits per heavy atom. The minimum atomic E-state index is -1.86. The van der Waals surface area contributed by atoms with Crippen molar-refractivity contribution in [2.24, 2.45) is 0 Å². The highest BCUT2D eigenvalue weighted by Gasteiger charge is 2.18. The van der Waals surface area contributed by atoms with Gasteiger partial charge < -0.3 is 15.6 Å². The summed E-state index contributed by atoms with van der Waals surface area (Å²) in [5.41, 5.74) is 0.197. The lowest BCUT2D eigenvalue weighted by atomic mass is 10.1. The van der Waals surface area contributed by atoms with Crippen molar-refractivity contribution in [1.29, 1.82) is 5.41 Å². The molecule has 0 unspecified atom stereocenters. The van der Waals surface area contributed by atoms with Crippen LogP contribution in [0.25, 0.3) is 0 Å². The van der Waals surface area contributed by atoms with Crippen LogP contribution in [0.15, 0.2) is 11.6 Å². The van der Waals surface area contributed by atoms with Gasteiger partial charge in [-0.3, -0.25) is 0 Å². The van der Waals surface area contributed by atoms with E-state index in [1.807, 2.05) is 27.7 Å². The van der Waals surface area contributed by atoms with Gasteiger partial charge in [-0.25, -0.2) is 0 Å². The first-order valence-corrected chi connectivity index (χ1v) is 4.64. The largest absolute Gasteiger partial charge is 0.362 e. The van der Waals surface area contributed by atoms with E-state index in [-0.39, 0.29) is 5.57 Å². The van der Waals surface area contributed by atoms with E-state index in [1.54, 1.807) is 6.92 Å². The van der Waals surface area contributed by atoms with Gasteiger partial charge in [0.1, 0.15) is 0 Å². The molecule has 0 atom stereocenters. The summed E-state index contributed by atoms with van der Waals surface area (Å²) in [6, 6.07) is 0. The molecule has 0 heterocycles. The highest BCUT2D eigenvalue weighted by molar-refractivity contribution is 5.77. The van der Waals surface area contributed by atoms with E-state index < -0.39 is 5.79 Å². The first kappa shape index (κ1) is 18.2. The van der Waals surface area contributed by atoms with Gasteiger partial charge in [-0.15, -0.1) is 0 Å². The molecule has 0 aliphatic rings. The van der Waals surface area contributed by atoms with Crippen LogP contribution in [0, 0.1) is 5.41 Å². The molecule has 0 aromatic carbocycles. The van der Waals surface area contributed by atoms with E-state index in [1.165, 1.54) is 13.0 Å². The summed E-state index contributed by atoms with van der Waals surface area (Å²) in [5.74, 6) is -1.86. The molecule has 3 N–H and O–H groups in total. The minimum absolute atomic E-state index is 0.197. The Labute approximate surface area is 81.6 Å². The molecule has 0 radical (unpaired) electrons. The van der Waals surface area contributed by atoms with Crippen LogP contribution < -0.4 is 0 Å². The van der Waals surface area contributed by atoms with Gasteiger partial charge in [-0.1, -0.05) is 33.8 Å². The normalized spacial score (nSPS) is 10.3.